The highest BCUT2D eigenvalue weighted by molar-refractivity contribution is 6.00. The van der Waals surface area contributed by atoms with Crippen molar-refractivity contribution in [2.45, 2.75) is 13.2 Å². The van der Waals surface area contributed by atoms with Gasteiger partial charge in [-0.25, -0.2) is 0 Å². The molecule has 1 aromatic carbocycles. The molecule has 6 heteroatoms. The topological polar surface area (TPSA) is 127 Å². The number of aliphatic hydroxyl groups excluding tert-OH is 2. The van der Waals surface area contributed by atoms with E-state index in [-0.39, 0.29) is 22.3 Å². The minimum absolute atomic E-state index is 0.0218. The van der Waals surface area contributed by atoms with Crippen molar-refractivity contribution in [3.63, 3.8) is 0 Å². The molecule has 1 rings (SSSR count). The van der Waals surface area contributed by atoms with E-state index in [1.165, 1.54) is 12.1 Å². The van der Waals surface area contributed by atoms with E-state index in [9.17, 15) is 9.59 Å². The van der Waals surface area contributed by atoms with Crippen LogP contribution in [0, 0.1) is 0 Å². The highest BCUT2D eigenvalue weighted by Crippen LogP contribution is 2.17. The van der Waals surface area contributed by atoms with Crippen LogP contribution < -0.4 is 11.5 Å². The number of rotatable bonds is 4. The molecule has 0 aromatic heterocycles. The zero-order valence-corrected chi connectivity index (χ0v) is 8.43. The molecule has 0 bridgehead atoms. The molecule has 2 amide bonds. The van der Waals surface area contributed by atoms with Gasteiger partial charge >= 0.3 is 0 Å². The molecule has 0 saturated carbocycles. The first-order chi connectivity index (χ1) is 7.51. The van der Waals surface area contributed by atoms with Gasteiger partial charge in [-0.2, -0.15) is 0 Å². The minimum atomic E-state index is -0.768. The summed E-state index contributed by atoms with van der Waals surface area (Å²) in [5, 5.41) is 18.0. The summed E-state index contributed by atoms with van der Waals surface area (Å²) in [6.07, 6.45) is 0. The molecule has 0 saturated heterocycles. The molecule has 0 heterocycles. The van der Waals surface area contributed by atoms with Gasteiger partial charge in [-0.05, 0) is 23.3 Å². The number of carbonyl (C=O) groups is 2. The smallest absolute Gasteiger partial charge is 0.249 e. The van der Waals surface area contributed by atoms with Crippen molar-refractivity contribution in [2.75, 3.05) is 0 Å². The molecule has 1 aromatic rings. The fourth-order valence-corrected chi connectivity index (χ4v) is 1.42. The van der Waals surface area contributed by atoms with Gasteiger partial charge in [-0.3, -0.25) is 9.59 Å². The van der Waals surface area contributed by atoms with Crippen molar-refractivity contribution in [1.82, 2.24) is 0 Å². The maximum Gasteiger partial charge on any atom is 0.249 e. The molecule has 86 valence electrons. The van der Waals surface area contributed by atoms with Crippen molar-refractivity contribution in [3.8, 4) is 0 Å². The maximum absolute atomic E-state index is 11.1. The van der Waals surface area contributed by atoms with Crippen LogP contribution in [0.4, 0.5) is 0 Å². The van der Waals surface area contributed by atoms with E-state index in [1.807, 2.05) is 0 Å². The molecule has 6 N–H and O–H groups in total. The van der Waals surface area contributed by atoms with Gasteiger partial charge in [0.15, 0.2) is 0 Å². The lowest BCUT2D eigenvalue weighted by Gasteiger charge is -2.10. The summed E-state index contributed by atoms with van der Waals surface area (Å²) in [4.78, 5) is 22.1. The Morgan fingerprint density at radius 3 is 1.56 bits per heavy atom. The predicted molar refractivity (Wildman–Crippen MR) is 55.3 cm³/mol. The van der Waals surface area contributed by atoms with E-state index < -0.39 is 25.0 Å². The highest BCUT2D eigenvalue weighted by Gasteiger charge is 2.15. The van der Waals surface area contributed by atoms with E-state index in [2.05, 4.69) is 0 Å². The Hall–Kier alpha value is -1.92. The summed E-state index contributed by atoms with van der Waals surface area (Å²) < 4.78 is 0. The van der Waals surface area contributed by atoms with Crippen LogP contribution in [0.3, 0.4) is 0 Å². The van der Waals surface area contributed by atoms with Gasteiger partial charge in [0.25, 0.3) is 0 Å². The van der Waals surface area contributed by atoms with Crippen molar-refractivity contribution >= 4 is 11.8 Å². The number of hydrogen-bond donors (Lipinski definition) is 4. The first kappa shape index (κ1) is 12.2. The minimum Gasteiger partial charge on any atom is -0.392 e. The number of amides is 2. The second-order valence-corrected chi connectivity index (χ2v) is 3.21. The Labute approximate surface area is 91.5 Å². The third kappa shape index (κ3) is 2.18. The average molecular weight is 224 g/mol. The molecule has 0 radical (unpaired) electrons. The molecule has 0 aliphatic heterocycles. The summed E-state index contributed by atoms with van der Waals surface area (Å²) in [6.45, 7) is -0.825. The van der Waals surface area contributed by atoms with Crippen LogP contribution in [0.25, 0.3) is 0 Å². The van der Waals surface area contributed by atoms with Gasteiger partial charge < -0.3 is 21.7 Å². The molecule has 0 atom stereocenters. The van der Waals surface area contributed by atoms with Gasteiger partial charge in [0.1, 0.15) is 0 Å². The zero-order valence-electron chi connectivity index (χ0n) is 8.43. The van der Waals surface area contributed by atoms with Crippen LogP contribution in [0.5, 0.6) is 0 Å². The molecule has 0 aliphatic rings. The normalized spacial score (nSPS) is 10.1. The fraction of sp³-hybridized carbons (Fsp3) is 0.200. The standard InChI is InChI=1S/C10H12N2O4/c11-9(15)7-2-8(10(12)16)6(4-14)1-5(7)3-13/h1-2,13-14H,3-4H2,(H2,11,15)(H2,12,16). The molecular weight excluding hydrogens is 212 g/mol. The van der Waals surface area contributed by atoms with Crippen LogP contribution in [0.1, 0.15) is 31.8 Å². The second-order valence-electron chi connectivity index (χ2n) is 3.21. The summed E-state index contributed by atoms with van der Waals surface area (Å²) in [6, 6.07) is 2.52. The first-order valence-electron chi connectivity index (χ1n) is 4.48. The Kier molecular flexibility index (Phi) is 3.60. The van der Waals surface area contributed by atoms with Crippen LogP contribution >= 0.6 is 0 Å². The lowest BCUT2D eigenvalue weighted by atomic mass is 9.98. The number of benzene rings is 1. The quantitative estimate of drug-likeness (QED) is 0.516. The van der Waals surface area contributed by atoms with Gasteiger partial charge in [-0.1, -0.05) is 0 Å². The number of aliphatic hydroxyl groups is 2. The Morgan fingerprint density at radius 2 is 1.31 bits per heavy atom. The van der Waals surface area contributed by atoms with Crippen molar-refractivity contribution in [1.29, 1.82) is 0 Å². The Morgan fingerprint density at radius 1 is 0.938 bits per heavy atom. The molecule has 0 unspecified atom stereocenters. The molecule has 0 fully saturated rings. The van der Waals surface area contributed by atoms with Gasteiger partial charge in [0, 0.05) is 11.1 Å². The van der Waals surface area contributed by atoms with Crippen molar-refractivity contribution in [3.05, 3.63) is 34.4 Å². The molecule has 0 aliphatic carbocycles. The Bertz CT molecular complexity index is 405. The number of primary amides is 2. The average Bonchev–Trinajstić information content (AvgIpc) is 2.26. The zero-order chi connectivity index (χ0) is 12.3. The summed E-state index contributed by atoms with van der Waals surface area (Å²) in [5.74, 6) is -1.54. The predicted octanol–water partition coefficient (Wildman–Crippen LogP) is -1.13. The maximum atomic E-state index is 11.1. The third-order valence-corrected chi connectivity index (χ3v) is 2.20. The van der Waals surface area contributed by atoms with Gasteiger partial charge in [0.2, 0.25) is 11.8 Å². The van der Waals surface area contributed by atoms with Gasteiger partial charge in [0.05, 0.1) is 13.2 Å². The van der Waals surface area contributed by atoms with E-state index in [0.717, 1.165) is 0 Å². The first-order valence-corrected chi connectivity index (χ1v) is 4.48. The number of nitrogens with two attached hydrogens (primary N) is 2. The van der Waals surface area contributed by atoms with Crippen LogP contribution in [-0.2, 0) is 13.2 Å². The van der Waals surface area contributed by atoms with Crippen molar-refractivity contribution < 1.29 is 19.8 Å². The fourth-order valence-electron chi connectivity index (χ4n) is 1.42. The highest BCUT2D eigenvalue weighted by atomic mass is 16.3. The monoisotopic (exact) mass is 224 g/mol. The van der Waals surface area contributed by atoms with E-state index >= 15 is 0 Å². The van der Waals surface area contributed by atoms with Crippen LogP contribution in [-0.4, -0.2) is 22.0 Å². The Balaban J connectivity index is 3.46. The SMILES string of the molecule is NC(=O)c1cc(C(N)=O)c(CO)cc1CO. The second kappa shape index (κ2) is 4.73. The van der Waals surface area contributed by atoms with E-state index in [1.54, 1.807) is 0 Å². The molecule has 16 heavy (non-hydrogen) atoms. The van der Waals surface area contributed by atoms with E-state index in [4.69, 9.17) is 21.7 Å². The third-order valence-electron chi connectivity index (χ3n) is 2.20. The molecular formula is C10H12N2O4. The van der Waals surface area contributed by atoms with Gasteiger partial charge in [-0.15, -0.1) is 0 Å². The lowest BCUT2D eigenvalue weighted by Crippen LogP contribution is -2.19. The number of hydrogen-bond acceptors (Lipinski definition) is 4. The molecule has 6 nitrogen and oxygen atoms in total. The summed E-state index contributed by atoms with van der Waals surface area (Å²) in [5.41, 5.74) is 10.7. The largest absolute Gasteiger partial charge is 0.392 e. The summed E-state index contributed by atoms with van der Waals surface area (Å²) >= 11 is 0. The van der Waals surface area contributed by atoms with Crippen LogP contribution in [0.15, 0.2) is 12.1 Å². The lowest BCUT2D eigenvalue weighted by molar-refractivity contribution is 0.0997. The molecule has 0 spiro atoms. The van der Waals surface area contributed by atoms with Crippen molar-refractivity contribution in [2.24, 2.45) is 11.5 Å². The summed E-state index contributed by atoms with van der Waals surface area (Å²) in [7, 11) is 0. The van der Waals surface area contributed by atoms with E-state index in [0.29, 0.717) is 0 Å². The van der Waals surface area contributed by atoms with Crippen LogP contribution in [0.2, 0.25) is 0 Å². The number of carbonyl (C=O) groups excluding carboxylic acids is 2.